The summed E-state index contributed by atoms with van der Waals surface area (Å²) < 4.78 is 1.86. The van der Waals surface area contributed by atoms with Gasteiger partial charge in [0.25, 0.3) is 0 Å². The molecule has 0 spiro atoms. The summed E-state index contributed by atoms with van der Waals surface area (Å²) in [6, 6.07) is 0. The second-order valence-corrected chi connectivity index (χ2v) is 5.11. The van der Waals surface area contributed by atoms with Gasteiger partial charge in [-0.25, -0.2) is 4.98 Å². The van der Waals surface area contributed by atoms with E-state index in [-0.39, 0.29) is 0 Å². The number of carbonyl (C=O) groups is 1. The van der Waals surface area contributed by atoms with E-state index in [1.54, 1.807) is 11.3 Å². The molecular weight excluding hydrogens is 234 g/mol. The number of hydrogen-bond donors (Lipinski definition) is 0. The molecule has 88 valence electrons. The number of imidazole rings is 1. The summed E-state index contributed by atoms with van der Waals surface area (Å²) >= 11 is 1.55. The number of aldehydes is 1. The molecule has 0 bridgehead atoms. The van der Waals surface area contributed by atoms with Gasteiger partial charge in [0, 0.05) is 24.7 Å². The molecule has 0 N–H and O–H groups in total. The lowest BCUT2D eigenvalue weighted by atomic mass is 10.1. The molecule has 1 aliphatic rings. The van der Waals surface area contributed by atoms with Crippen LogP contribution >= 0.6 is 11.3 Å². The monoisotopic (exact) mass is 247 g/mol. The molecule has 0 aromatic carbocycles. The third-order valence-electron chi connectivity index (χ3n) is 3.13. The lowest BCUT2D eigenvalue weighted by Gasteiger charge is -2.25. The summed E-state index contributed by atoms with van der Waals surface area (Å²) in [6.07, 6.45) is 6.04. The van der Waals surface area contributed by atoms with Gasteiger partial charge in [-0.05, 0) is 13.3 Å². The number of nitrogens with zero attached hydrogens (tertiary/aromatic N) is 3. The van der Waals surface area contributed by atoms with Crippen molar-refractivity contribution in [2.75, 3.05) is 18.0 Å². The second kappa shape index (κ2) is 4.00. The van der Waals surface area contributed by atoms with Crippen molar-refractivity contribution in [1.82, 2.24) is 9.38 Å². The molecule has 4 nitrogen and oxygen atoms in total. The van der Waals surface area contributed by atoms with E-state index >= 15 is 0 Å². The molecule has 3 rings (SSSR count). The van der Waals surface area contributed by atoms with Crippen molar-refractivity contribution < 1.29 is 4.79 Å². The number of carbonyl (C=O) groups excluding carboxylic acids is 1. The Kier molecular flexibility index (Phi) is 2.48. The zero-order valence-electron chi connectivity index (χ0n) is 9.59. The third-order valence-corrected chi connectivity index (χ3v) is 3.88. The Morgan fingerprint density at radius 1 is 1.53 bits per heavy atom. The van der Waals surface area contributed by atoms with Crippen LogP contribution in [0.15, 0.2) is 23.2 Å². The Morgan fingerprint density at radius 2 is 2.41 bits per heavy atom. The molecule has 0 atom stereocenters. The minimum Gasteiger partial charge on any atom is -0.351 e. The van der Waals surface area contributed by atoms with Gasteiger partial charge in [0.2, 0.25) is 0 Å². The van der Waals surface area contributed by atoms with Gasteiger partial charge in [-0.15, -0.1) is 11.3 Å². The van der Waals surface area contributed by atoms with E-state index in [1.165, 1.54) is 5.57 Å². The molecule has 1 aliphatic heterocycles. The fourth-order valence-electron chi connectivity index (χ4n) is 2.10. The molecule has 0 amide bonds. The number of thiazole rings is 1. The first kappa shape index (κ1) is 10.5. The molecule has 2 aromatic rings. The maximum absolute atomic E-state index is 11.2. The first-order valence-corrected chi connectivity index (χ1v) is 6.49. The van der Waals surface area contributed by atoms with Crippen molar-refractivity contribution in [2.45, 2.75) is 13.3 Å². The first-order chi connectivity index (χ1) is 8.29. The molecule has 0 radical (unpaired) electrons. The van der Waals surface area contributed by atoms with Crippen LogP contribution in [0.2, 0.25) is 0 Å². The molecule has 3 heterocycles. The summed E-state index contributed by atoms with van der Waals surface area (Å²) in [5, 5.41) is 1.94. The third kappa shape index (κ3) is 1.67. The summed E-state index contributed by atoms with van der Waals surface area (Å²) in [7, 11) is 0. The molecule has 5 heteroatoms. The van der Waals surface area contributed by atoms with E-state index in [9.17, 15) is 4.79 Å². The maximum Gasteiger partial charge on any atom is 0.196 e. The Hall–Kier alpha value is -1.62. The topological polar surface area (TPSA) is 37.6 Å². The van der Waals surface area contributed by atoms with Gasteiger partial charge in [-0.3, -0.25) is 9.20 Å². The molecule has 17 heavy (non-hydrogen) atoms. The number of rotatable bonds is 2. The van der Waals surface area contributed by atoms with E-state index in [0.29, 0.717) is 5.69 Å². The van der Waals surface area contributed by atoms with Crippen LogP contribution in [-0.4, -0.2) is 28.8 Å². The van der Waals surface area contributed by atoms with Crippen LogP contribution in [0.3, 0.4) is 0 Å². The highest BCUT2D eigenvalue weighted by Crippen LogP contribution is 2.25. The van der Waals surface area contributed by atoms with Crippen molar-refractivity contribution in [3.8, 4) is 0 Å². The number of fused-ring (bicyclic) bond motifs is 1. The lowest BCUT2D eigenvalue weighted by Crippen LogP contribution is -2.29. The molecule has 0 fully saturated rings. The normalized spacial score (nSPS) is 16.3. The fourth-order valence-corrected chi connectivity index (χ4v) is 2.81. The van der Waals surface area contributed by atoms with E-state index in [4.69, 9.17) is 0 Å². The lowest BCUT2D eigenvalue weighted by molar-refractivity contribution is 0.111. The highest BCUT2D eigenvalue weighted by Gasteiger charge is 2.19. The zero-order valence-corrected chi connectivity index (χ0v) is 10.4. The largest absolute Gasteiger partial charge is 0.351 e. The average molecular weight is 247 g/mol. The maximum atomic E-state index is 11.2. The SMILES string of the molecule is CC1=CCN(c2nc3sccn3c2C=O)CC1. The van der Waals surface area contributed by atoms with Gasteiger partial charge >= 0.3 is 0 Å². The standard InChI is InChI=1S/C12H13N3OS/c1-9-2-4-14(5-3-9)11-10(8-16)15-6-7-17-12(15)13-11/h2,6-8H,3-5H2,1H3. The highest BCUT2D eigenvalue weighted by atomic mass is 32.1. The zero-order chi connectivity index (χ0) is 11.8. The van der Waals surface area contributed by atoms with Gasteiger partial charge in [0.05, 0.1) is 0 Å². The number of hydrogen-bond acceptors (Lipinski definition) is 4. The van der Waals surface area contributed by atoms with Crippen LogP contribution in [0.25, 0.3) is 4.96 Å². The second-order valence-electron chi connectivity index (χ2n) is 4.24. The minimum absolute atomic E-state index is 0.661. The molecular formula is C12H13N3OS. The van der Waals surface area contributed by atoms with Gasteiger partial charge in [0.1, 0.15) is 5.69 Å². The summed E-state index contributed by atoms with van der Waals surface area (Å²) in [6.45, 7) is 3.93. The van der Waals surface area contributed by atoms with Gasteiger partial charge in [-0.2, -0.15) is 0 Å². The van der Waals surface area contributed by atoms with E-state index < -0.39 is 0 Å². The quantitative estimate of drug-likeness (QED) is 0.604. The predicted molar refractivity (Wildman–Crippen MR) is 69.0 cm³/mol. The molecule has 0 aliphatic carbocycles. The fraction of sp³-hybridized carbons (Fsp3) is 0.333. The molecule has 2 aromatic heterocycles. The smallest absolute Gasteiger partial charge is 0.196 e. The Bertz CT molecular complexity index is 596. The van der Waals surface area contributed by atoms with Crippen molar-refractivity contribution in [2.24, 2.45) is 0 Å². The van der Waals surface area contributed by atoms with Gasteiger partial charge < -0.3 is 4.90 Å². The van der Waals surface area contributed by atoms with Crippen LogP contribution in [0, 0.1) is 0 Å². The van der Waals surface area contributed by atoms with Crippen LogP contribution < -0.4 is 4.90 Å². The minimum atomic E-state index is 0.661. The predicted octanol–water partition coefficient (Wildman–Crippen LogP) is 2.36. The molecule has 0 saturated carbocycles. The van der Waals surface area contributed by atoms with Crippen molar-refractivity contribution in [3.63, 3.8) is 0 Å². The summed E-state index contributed by atoms with van der Waals surface area (Å²) in [5.74, 6) is 0.815. The van der Waals surface area contributed by atoms with Crippen molar-refractivity contribution >= 4 is 28.4 Å². The van der Waals surface area contributed by atoms with Crippen molar-refractivity contribution in [1.29, 1.82) is 0 Å². The van der Waals surface area contributed by atoms with Crippen molar-refractivity contribution in [3.05, 3.63) is 28.9 Å². The average Bonchev–Trinajstić information content (AvgIpc) is 2.89. The van der Waals surface area contributed by atoms with E-state index in [2.05, 4.69) is 22.9 Å². The Balaban J connectivity index is 2.05. The van der Waals surface area contributed by atoms with Crippen LogP contribution in [0.4, 0.5) is 5.82 Å². The highest BCUT2D eigenvalue weighted by molar-refractivity contribution is 7.15. The van der Waals surface area contributed by atoms with E-state index in [0.717, 1.165) is 36.6 Å². The Morgan fingerprint density at radius 3 is 3.12 bits per heavy atom. The van der Waals surface area contributed by atoms with Crippen LogP contribution in [0.5, 0.6) is 0 Å². The van der Waals surface area contributed by atoms with Crippen LogP contribution in [-0.2, 0) is 0 Å². The Labute approximate surface area is 103 Å². The molecule has 0 unspecified atom stereocenters. The number of anilines is 1. The van der Waals surface area contributed by atoms with Gasteiger partial charge in [0.15, 0.2) is 17.1 Å². The first-order valence-electron chi connectivity index (χ1n) is 5.61. The van der Waals surface area contributed by atoms with Crippen LogP contribution in [0.1, 0.15) is 23.8 Å². The van der Waals surface area contributed by atoms with E-state index in [1.807, 2.05) is 16.0 Å². The number of aromatic nitrogens is 2. The summed E-state index contributed by atoms with van der Waals surface area (Å²) in [5.41, 5.74) is 2.07. The molecule has 0 saturated heterocycles. The summed E-state index contributed by atoms with van der Waals surface area (Å²) in [4.78, 5) is 18.8. The van der Waals surface area contributed by atoms with Gasteiger partial charge in [-0.1, -0.05) is 11.6 Å².